The monoisotopic (exact) mass is 640 g/mol. The van der Waals surface area contributed by atoms with Crippen LogP contribution in [0.4, 0.5) is 0 Å². The van der Waals surface area contributed by atoms with Crippen molar-refractivity contribution >= 4 is 19.8 Å². The van der Waals surface area contributed by atoms with Crippen LogP contribution in [0.25, 0.3) is 0 Å². The van der Waals surface area contributed by atoms with Crippen LogP contribution in [0.2, 0.25) is 0 Å². The summed E-state index contributed by atoms with van der Waals surface area (Å²) in [6.07, 6.45) is 10.8. The van der Waals surface area contributed by atoms with Gasteiger partial charge in [0.2, 0.25) is 0 Å². The zero-order chi connectivity index (χ0) is 33.0. The van der Waals surface area contributed by atoms with Gasteiger partial charge in [0, 0.05) is 12.3 Å². The van der Waals surface area contributed by atoms with Crippen LogP contribution < -0.4 is 9.47 Å². The predicted octanol–water partition coefficient (Wildman–Crippen LogP) is 8.76. The summed E-state index contributed by atoms with van der Waals surface area (Å²) in [7, 11) is -4.64. The van der Waals surface area contributed by atoms with E-state index in [1.807, 2.05) is 54.6 Å². The van der Waals surface area contributed by atoms with E-state index in [0.717, 1.165) is 70.6 Å². The van der Waals surface area contributed by atoms with Gasteiger partial charge in [0.05, 0.1) is 5.41 Å². The van der Waals surface area contributed by atoms with Gasteiger partial charge in [0.1, 0.15) is 11.5 Å². The lowest BCUT2D eigenvalue weighted by Crippen LogP contribution is -2.41. The molecule has 0 amide bonds. The first-order valence-electron chi connectivity index (χ1n) is 15.9. The van der Waals surface area contributed by atoms with Crippen LogP contribution in [0.15, 0.2) is 91.0 Å². The van der Waals surface area contributed by atoms with E-state index in [1.54, 1.807) is 12.1 Å². The van der Waals surface area contributed by atoms with E-state index in [-0.39, 0.29) is 17.9 Å². The summed E-state index contributed by atoms with van der Waals surface area (Å²) in [5.74, 6) is 0.995. The maximum Gasteiger partial charge on any atom is 0.466 e. The van der Waals surface area contributed by atoms with Gasteiger partial charge in [-0.2, -0.15) is 0 Å². The Morgan fingerprint density at radius 3 is 1.60 bits per heavy atom. The van der Waals surface area contributed by atoms with Gasteiger partial charge in [0.25, 0.3) is 0 Å². The highest BCUT2D eigenvalue weighted by molar-refractivity contribution is 7.45. The molecule has 0 aromatic heterocycles. The van der Waals surface area contributed by atoms with Crippen molar-refractivity contribution < 1.29 is 38.3 Å². The molecule has 1 atom stereocenters. The molecule has 0 aliphatic rings. The smallest absolute Gasteiger partial charge is 0.427 e. The van der Waals surface area contributed by atoms with Gasteiger partial charge in [-0.05, 0) is 55.5 Å². The van der Waals surface area contributed by atoms with Crippen LogP contribution >= 0.6 is 7.82 Å². The zero-order valence-electron chi connectivity index (χ0n) is 26.6. The van der Waals surface area contributed by atoms with Gasteiger partial charge < -0.3 is 24.2 Å². The summed E-state index contributed by atoms with van der Waals surface area (Å²) >= 11 is 0. The lowest BCUT2D eigenvalue weighted by atomic mass is 9.64. The van der Waals surface area contributed by atoms with Gasteiger partial charge in [-0.15, -0.1) is 0 Å². The third-order valence-corrected chi connectivity index (χ3v) is 7.78. The van der Waals surface area contributed by atoms with Gasteiger partial charge in [-0.3, -0.25) is 9.59 Å². The van der Waals surface area contributed by atoms with E-state index in [0.29, 0.717) is 17.9 Å². The molecule has 0 aliphatic carbocycles. The number of rotatable bonds is 18. The second-order valence-electron chi connectivity index (χ2n) is 11.3. The van der Waals surface area contributed by atoms with Crippen molar-refractivity contribution in [2.45, 2.75) is 96.8 Å². The molecule has 1 unspecified atom stereocenters. The predicted molar refractivity (Wildman–Crippen MR) is 177 cm³/mol. The van der Waals surface area contributed by atoms with Crippen LogP contribution in [0, 0.1) is 5.41 Å². The lowest BCUT2D eigenvalue weighted by Gasteiger charge is -2.40. The highest BCUT2D eigenvalue weighted by Gasteiger charge is 2.46. The second kappa shape index (κ2) is 20.7. The van der Waals surface area contributed by atoms with E-state index in [4.69, 9.17) is 28.7 Å². The zero-order valence-corrected chi connectivity index (χ0v) is 27.4. The van der Waals surface area contributed by atoms with Crippen molar-refractivity contribution in [2.75, 3.05) is 0 Å². The second-order valence-corrected chi connectivity index (χ2v) is 12.3. The molecule has 9 heteroatoms. The molecule has 0 aliphatic heterocycles. The number of benzene rings is 3. The Labute approximate surface area is 268 Å². The highest BCUT2D eigenvalue weighted by atomic mass is 31.2. The first kappa shape index (κ1) is 37.9. The molecule has 246 valence electrons. The van der Waals surface area contributed by atoms with E-state index >= 15 is 0 Å². The van der Waals surface area contributed by atoms with Crippen molar-refractivity contribution in [3.63, 3.8) is 0 Å². The fourth-order valence-corrected chi connectivity index (χ4v) is 5.59. The summed E-state index contributed by atoms with van der Waals surface area (Å²) in [5, 5.41) is 0. The first-order chi connectivity index (χ1) is 21.6. The standard InChI is InChI=1S/C36H46O4.H3O4P/c1-3-5-28-36(29-6-4-2,35(38)40-32-24-16-11-17-25-32)33(30-20-12-9-13-21-30)26-18-7-8-19-27-34(37)39-31-22-14-10-15-23-31;1-5(2,3)4/h9-17,20-25,33H,3-8,18-19,26-29H2,1-2H3;(H3,1,2,3,4). The van der Waals surface area contributed by atoms with Crippen LogP contribution in [0.5, 0.6) is 11.5 Å². The van der Waals surface area contributed by atoms with Gasteiger partial charge in [-0.1, -0.05) is 126 Å². The molecule has 45 heavy (non-hydrogen) atoms. The van der Waals surface area contributed by atoms with Crippen molar-refractivity contribution in [2.24, 2.45) is 5.41 Å². The maximum atomic E-state index is 14.1. The summed E-state index contributed by atoms with van der Waals surface area (Å²) < 4.78 is 20.4. The lowest BCUT2D eigenvalue weighted by molar-refractivity contribution is -0.149. The van der Waals surface area contributed by atoms with E-state index in [9.17, 15) is 9.59 Å². The molecule has 0 saturated carbocycles. The fraction of sp³-hybridized carbons (Fsp3) is 0.444. The molecule has 0 saturated heterocycles. The quantitative estimate of drug-likeness (QED) is 0.0544. The number of unbranched alkanes of at least 4 members (excludes halogenated alkanes) is 5. The summed E-state index contributed by atoms with van der Waals surface area (Å²) in [5.41, 5.74) is 0.633. The number of hydrogen-bond acceptors (Lipinski definition) is 5. The van der Waals surface area contributed by atoms with Crippen LogP contribution in [0.3, 0.4) is 0 Å². The Bertz CT molecular complexity index is 1260. The Morgan fingerprint density at radius 2 is 1.11 bits per heavy atom. The number of carbonyl (C=O) groups excluding carboxylic acids is 2. The molecule has 3 aromatic rings. The third kappa shape index (κ3) is 15.0. The Kier molecular flexibility index (Phi) is 17.4. The average molecular weight is 641 g/mol. The molecule has 3 N–H and O–H groups in total. The minimum atomic E-state index is -4.64. The maximum absolute atomic E-state index is 14.1. The Hall–Kier alpha value is -3.29. The average Bonchev–Trinajstić information content (AvgIpc) is 3.02. The molecule has 0 heterocycles. The molecule has 0 fully saturated rings. The Morgan fingerprint density at radius 1 is 0.667 bits per heavy atom. The van der Waals surface area contributed by atoms with E-state index < -0.39 is 13.2 Å². The molecule has 3 rings (SSSR count). The van der Waals surface area contributed by atoms with E-state index in [1.165, 1.54) is 5.56 Å². The fourth-order valence-electron chi connectivity index (χ4n) is 5.59. The van der Waals surface area contributed by atoms with Crippen molar-refractivity contribution in [3.05, 3.63) is 96.6 Å². The van der Waals surface area contributed by atoms with Crippen molar-refractivity contribution in [3.8, 4) is 11.5 Å². The normalized spacial score (nSPS) is 12.0. The molecular weight excluding hydrogens is 591 g/mol. The number of para-hydroxylation sites is 2. The first-order valence-corrected chi connectivity index (χ1v) is 17.5. The molecule has 3 aromatic carbocycles. The number of hydrogen-bond donors (Lipinski definition) is 3. The number of phosphoric acid groups is 1. The SMILES string of the molecule is CCCCC(CCCC)(C(=O)Oc1ccccc1)C(CCCCCCC(=O)Oc1ccccc1)c1ccccc1.O=P(O)(O)O. The molecule has 0 bridgehead atoms. The molecule has 0 spiro atoms. The molecular formula is C36H49O8P. The van der Waals surface area contributed by atoms with Gasteiger partial charge in [0.15, 0.2) is 0 Å². The number of esters is 2. The summed E-state index contributed by atoms with van der Waals surface area (Å²) in [6.45, 7) is 4.38. The minimum Gasteiger partial charge on any atom is -0.427 e. The minimum absolute atomic E-state index is 0.0751. The van der Waals surface area contributed by atoms with E-state index in [2.05, 4.69) is 38.1 Å². The largest absolute Gasteiger partial charge is 0.466 e. The highest BCUT2D eigenvalue weighted by Crippen LogP contribution is 2.48. The summed E-state index contributed by atoms with van der Waals surface area (Å²) in [4.78, 5) is 47.9. The van der Waals surface area contributed by atoms with Crippen LogP contribution in [0.1, 0.15) is 102 Å². The van der Waals surface area contributed by atoms with Crippen LogP contribution in [-0.4, -0.2) is 26.6 Å². The number of ether oxygens (including phenoxy) is 2. The van der Waals surface area contributed by atoms with Gasteiger partial charge >= 0.3 is 19.8 Å². The topological polar surface area (TPSA) is 130 Å². The van der Waals surface area contributed by atoms with Crippen molar-refractivity contribution in [1.82, 2.24) is 0 Å². The molecule has 8 nitrogen and oxygen atoms in total. The summed E-state index contributed by atoms with van der Waals surface area (Å²) in [6, 6.07) is 29.3. The van der Waals surface area contributed by atoms with Crippen molar-refractivity contribution in [1.29, 1.82) is 0 Å². The Balaban J connectivity index is 0.00000130. The molecule has 0 radical (unpaired) electrons. The third-order valence-electron chi connectivity index (χ3n) is 7.78. The van der Waals surface area contributed by atoms with Crippen LogP contribution in [-0.2, 0) is 14.2 Å². The van der Waals surface area contributed by atoms with Gasteiger partial charge in [-0.25, -0.2) is 4.57 Å². The number of carbonyl (C=O) groups is 2.